The molecule has 0 radical (unpaired) electrons. The number of hydrogen-bond donors (Lipinski definition) is 0. The van der Waals surface area contributed by atoms with Crippen LogP contribution in [0.2, 0.25) is 0 Å². The van der Waals surface area contributed by atoms with Crippen LogP contribution in [0.1, 0.15) is 11.1 Å². The average molecular weight is 649 g/mol. The van der Waals surface area contributed by atoms with Crippen molar-refractivity contribution in [1.29, 1.82) is 0 Å². The van der Waals surface area contributed by atoms with Gasteiger partial charge in [-0.1, -0.05) is 121 Å². The standard InChI is InChI=1S/C49H32N2/c1-3-14-32(15-4-1)41-30-35(31-42-38-21-8-7-16-34(38)29-43(41)42)33-17-13-20-37(28-33)51-45-25-12-10-23-40(45)49-47(51)27-26-46-48(49)39-22-9-11-24-44(39)50(46)36-18-5-2-6-19-36/h1-28,30-31H,29H2. The molecule has 0 unspecified atom stereocenters. The van der Waals surface area contributed by atoms with Gasteiger partial charge in [-0.3, -0.25) is 0 Å². The highest BCUT2D eigenvalue weighted by Crippen LogP contribution is 2.46. The number of para-hydroxylation sites is 3. The van der Waals surface area contributed by atoms with Crippen LogP contribution in [-0.4, -0.2) is 9.13 Å². The van der Waals surface area contributed by atoms with Crippen molar-refractivity contribution < 1.29 is 0 Å². The summed E-state index contributed by atoms with van der Waals surface area (Å²) in [4.78, 5) is 0. The molecule has 1 aliphatic rings. The highest BCUT2D eigenvalue weighted by atomic mass is 15.0. The SMILES string of the molecule is c1ccc(-c2cc(-c3cccc(-n4c5ccccc5c5c6c7ccccc7n(-c7ccccc7)c6ccc54)c3)cc3c2Cc2ccccc2-3)cc1. The molecule has 0 saturated carbocycles. The van der Waals surface area contributed by atoms with E-state index in [0.29, 0.717) is 0 Å². The van der Waals surface area contributed by atoms with Gasteiger partial charge in [0.1, 0.15) is 0 Å². The lowest BCUT2D eigenvalue weighted by Gasteiger charge is -2.15. The predicted octanol–water partition coefficient (Wildman–Crippen LogP) is 12.8. The smallest absolute Gasteiger partial charge is 0.0548 e. The fourth-order valence-electron chi connectivity index (χ4n) is 8.75. The lowest BCUT2D eigenvalue weighted by molar-refractivity contribution is 1.17. The van der Waals surface area contributed by atoms with E-state index in [4.69, 9.17) is 0 Å². The average Bonchev–Trinajstić information content (AvgIpc) is 3.86. The summed E-state index contributed by atoms with van der Waals surface area (Å²) in [6.07, 6.45) is 0.965. The Labute approximate surface area is 296 Å². The van der Waals surface area contributed by atoms with E-state index in [1.807, 2.05) is 0 Å². The topological polar surface area (TPSA) is 9.86 Å². The zero-order valence-corrected chi connectivity index (χ0v) is 27.9. The first-order valence-corrected chi connectivity index (χ1v) is 17.7. The molecule has 2 aromatic heterocycles. The number of rotatable bonds is 4. The molecule has 0 bridgehead atoms. The molecular formula is C49H32N2. The molecule has 10 aromatic rings. The van der Waals surface area contributed by atoms with Crippen LogP contribution in [-0.2, 0) is 6.42 Å². The van der Waals surface area contributed by atoms with E-state index in [9.17, 15) is 0 Å². The molecule has 2 nitrogen and oxygen atoms in total. The van der Waals surface area contributed by atoms with Gasteiger partial charge in [0.2, 0.25) is 0 Å². The van der Waals surface area contributed by atoms with Crippen LogP contribution in [0.25, 0.3) is 88.4 Å². The van der Waals surface area contributed by atoms with Gasteiger partial charge < -0.3 is 9.13 Å². The fraction of sp³-hybridized carbons (Fsp3) is 0.0204. The van der Waals surface area contributed by atoms with Crippen molar-refractivity contribution in [2.75, 3.05) is 0 Å². The molecule has 0 spiro atoms. The minimum atomic E-state index is 0.965. The van der Waals surface area contributed by atoms with Crippen LogP contribution in [0.5, 0.6) is 0 Å². The first-order chi connectivity index (χ1) is 25.3. The minimum Gasteiger partial charge on any atom is -0.309 e. The quantitative estimate of drug-likeness (QED) is 0.180. The van der Waals surface area contributed by atoms with E-state index in [1.165, 1.54) is 93.8 Å². The summed E-state index contributed by atoms with van der Waals surface area (Å²) in [5.74, 6) is 0. The maximum Gasteiger partial charge on any atom is 0.0548 e. The Balaban J connectivity index is 1.16. The highest BCUT2D eigenvalue weighted by Gasteiger charge is 2.24. The first-order valence-electron chi connectivity index (χ1n) is 17.7. The highest BCUT2D eigenvalue weighted by molar-refractivity contribution is 6.28. The zero-order valence-electron chi connectivity index (χ0n) is 27.9. The molecule has 51 heavy (non-hydrogen) atoms. The van der Waals surface area contributed by atoms with E-state index in [2.05, 4.69) is 191 Å². The summed E-state index contributed by atoms with van der Waals surface area (Å²) in [6, 6.07) is 66.8. The molecule has 0 aliphatic heterocycles. The number of hydrogen-bond acceptors (Lipinski definition) is 0. The van der Waals surface area contributed by atoms with Gasteiger partial charge in [-0.05, 0) is 112 Å². The van der Waals surface area contributed by atoms with E-state index in [1.54, 1.807) is 0 Å². The normalized spacial score (nSPS) is 12.2. The number of aromatic nitrogens is 2. The van der Waals surface area contributed by atoms with Crippen molar-refractivity contribution in [3.63, 3.8) is 0 Å². The molecule has 0 saturated heterocycles. The second-order valence-electron chi connectivity index (χ2n) is 13.7. The Morgan fingerprint density at radius 2 is 0.882 bits per heavy atom. The van der Waals surface area contributed by atoms with Gasteiger partial charge in [0.15, 0.2) is 0 Å². The van der Waals surface area contributed by atoms with Gasteiger partial charge in [-0.2, -0.15) is 0 Å². The molecule has 0 fully saturated rings. The summed E-state index contributed by atoms with van der Waals surface area (Å²) < 4.78 is 4.87. The van der Waals surface area contributed by atoms with Gasteiger partial charge in [-0.25, -0.2) is 0 Å². The molecule has 0 atom stereocenters. The zero-order chi connectivity index (χ0) is 33.5. The Morgan fingerprint density at radius 1 is 0.333 bits per heavy atom. The van der Waals surface area contributed by atoms with Crippen LogP contribution < -0.4 is 0 Å². The maximum atomic E-state index is 2.46. The third-order valence-corrected chi connectivity index (χ3v) is 10.9. The Morgan fingerprint density at radius 3 is 1.61 bits per heavy atom. The summed E-state index contributed by atoms with van der Waals surface area (Å²) in [6.45, 7) is 0. The third-order valence-electron chi connectivity index (χ3n) is 10.9. The predicted molar refractivity (Wildman–Crippen MR) is 214 cm³/mol. The molecule has 8 aromatic carbocycles. The van der Waals surface area contributed by atoms with Gasteiger partial charge in [0, 0.05) is 32.9 Å². The second-order valence-corrected chi connectivity index (χ2v) is 13.7. The summed E-state index contributed by atoms with van der Waals surface area (Å²) >= 11 is 0. The second kappa shape index (κ2) is 10.9. The van der Waals surface area contributed by atoms with Crippen molar-refractivity contribution in [2.24, 2.45) is 0 Å². The lowest BCUT2D eigenvalue weighted by Crippen LogP contribution is -1.95. The van der Waals surface area contributed by atoms with E-state index < -0.39 is 0 Å². The largest absolute Gasteiger partial charge is 0.309 e. The molecular weight excluding hydrogens is 617 g/mol. The summed E-state index contributed by atoms with van der Waals surface area (Å²) in [5.41, 5.74) is 17.7. The van der Waals surface area contributed by atoms with Gasteiger partial charge >= 0.3 is 0 Å². The molecule has 238 valence electrons. The maximum absolute atomic E-state index is 2.46. The van der Waals surface area contributed by atoms with Crippen molar-refractivity contribution in [1.82, 2.24) is 9.13 Å². The van der Waals surface area contributed by atoms with Gasteiger partial charge in [-0.15, -0.1) is 0 Å². The van der Waals surface area contributed by atoms with Crippen LogP contribution in [0, 0.1) is 0 Å². The fourth-order valence-corrected chi connectivity index (χ4v) is 8.75. The van der Waals surface area contributed by atoms with Gasteiger partial charge in [0.05, 0.1) is 22.1 Å². The third kappa shape index (κ3) is 4.17. The lowest BCUT2D eigenvalue weighted by atomic mass is 9.91. The molecule has 2 heteroatoms. The van der Waals surface area contributed by atoms with Gasteiger partial charge in [0.25, 0.3) is 0 Å². The minimum absolute atomic E-state index is 0.965. The number of benzene rings is 8. The number of fused-ring (bicyclic) bond motifs is 10. The Kier molecular flexibility index (Phi) is 6.05. The summed E-state index contributed by atoms with van der Waals surface area (Å²) in [5, 5.41) is 5.12. The van der Waals surface area contributed by atoms with E-state index in [-0.39, 0.29) is 0 Å². The van der Waals surface area contributed by atoms with E-state index in [0.717, 1.165) is 12.1 Å². The first kappa shape index (κ1) is 28.2. The van der Waals surface area contributed by atoms with Crippen LogP contribution in [0.15, 0.2) is 182 Å². The van der Waals surface area contributed by atoms with Crippen molar-refractivity contribution in [2.45, 2.75) is 6.42 Å². The molecule has 2 heterocycles. The van der Waals surface area contributed by atoms with Crippen molar-refractivity contribution in [3.05, 3.63) is 193 Å². The number of nitrogens with zero attached hydrogens (tertiary/aromatic N) is 2. The van der Waals surface area contributed by atoms with Crippen LogP contribution in [0.4, 0.5) is 0 Å². The summed E-state index contributed by atoms with van der Waals surface area (Å²) in [7, 11) is 0. The van der Waals surface area contributed by atoms with Crippen LogP contribution in [0.3, 0.4) is 0 Å². The molecule has 1 aliphatic carbocycles. The van der Waals surface area contributed by atoms with E-state index >= 15 is 0 Å². The van der Waals surface area contributed by atoms with Crippen molar-refractivity contribution >= 4 is 43.6 Å². The monoisotopic (exact) mass is 648 g/mol. The van der Waals surface area contributed by atoms with Crippen molar-refractivity contribution in [3.8, 4) is 44.8 Å². The molecule has 0 N–H and O–H groups in total. The molecule has 0 amide bonds. The van der Waals surface area contributed by atoms with Crippen LogP contribution >= 0.6 is 0 Å². The Hall–Kier alpha value is -6.64. The Bertz CT molecular complexity index is 2980. The molecule has 11 rings (SSSR count).